The van der Waals surface area contributed by atoms with Gasteiger partial charge in [0.05, 0.1) is 19.3 Å². The molecule has 0 aliphatic carbocycles. The smallest absolute Gasteiger partial charge is 0.100 e. The molecule has 0 aromatic carbocycles. The Labute approximate surface area is 87.1 Å². The van der Waals surface area contributed by atoms with Gasteiger partial charge in [0.2, 0.25) is 0 Å². The van der Waals surface area contributed by atoms with Crippen LogP contribution in [0.4, 0.5) is 0 Å². The summed E-state index contributed by atoms with van der Waals surface area (Å²) in [6, 6.07) is 0. The van der Waals surface area contributed by atoms with E-state index in [1.165, 1.54) is 7.05 Å². The monoisotopic (exact) mass is 207 g/mol. The van der Waals surface area contributed by atoms with Crippen LogP contribution in [0.1, 0.15) is 33.1 Å². The molecule has 2 atom stereocenters. The molecule has 0 radical (unpaired) electrons. The zero-order valence-corrected chi connectivity index (χ0v) is 9.57. The highest BCUT2D eigenvalue weighted by Gasteiger charge is 2.08. The van der Waals surface area contributed by atoms with Crippen molar-refractivity contribution in [1.82, 2.24) is 0 Å². The third-order valence-corrected chi connectivity index (χ3v) is 1.80. The maximum atomic E-state index is 9.00. The van der Waals surface area contributed by atoms with Gasteiger partial charge in [0.25, 0.3) is 0 Å². The average Bonchev–Trinajstić information content (AvgIpc) is 2.26. The Morgan fingerprint density at radius 1 is 1.29 bits per heavy atom. The van der Waals surface area contributed by atoms with Crippen molar-refractivity contribution >= 4 is 0 Å². The van der Waals surface area contributed by atoms with Crippen LogP contribution in [0.5, 0.6) is 0 Å². The van der Waals surface area contributed by atoms with E-state index in [0.717, 1.165) is 19.3 Å². The zero-order chi connectivity index (χ0) is 11.4. The number of hydrogen-bond donors (Lipinski definition) is 3. The van der Waals surface area contributed by atoms with Crippen molar-refractivity contribution in [2.75, 3.05) is 20.3 Å². The summed E-state index contributed by atoms with van der Waals surface area (Å²) in [5.74, 6) is 0. The third-order valence-electron chi connectivity index (χ3n) is 1.80. The van der Waals surface area contributed by atoms with Crippen molar-refractivity contribution in [2.24, 2.45) is 5.73 Å². The van der Waals surface area contributed by atoms with E-state index in [1.807, 2.05) is 0 Å². The second-order valence-electron chi connectivity index (χ2n) is 2.99. The Morgan fingerprint density at radius 3 is 2.21 bits per heavy atom. The Kier molecular flexibility index (Phi) is 14.9. The first kappa shape index (κ1) is 16.3. The van der Waals surface area contributed by atoms with Crippen LogP contribution >= 0.6 is 0 Å². The molecule has 4 N–H and O–H groups in total. The number of nitrogens with two attached hydrogens (primary N) is 1. The van der Waals surface area contributed by atoms with Crippen LogP contribution < -0.4 is 5.73 Å². The van der Waals surface area contributed by atoms with E-state index in [1.54, 1.807) is 0 Å². The van der Waals surface area contributed by atoms with Crippen LogP contribution in [-0.4, -0.2) is 42.7 Å². The van der Waals surface area contributed by atoms with Gasteiger partial charge in [0.1, 0.15) is 6.10 Å². The van der Waals surface area contributed by atoms with Crippen LogP contribution in [0.3, 0.4) is 0 Å². The fraction of sp³-hybridized carbons (Fsp3) is 1.00. The van der Waals surface area contributed by atoms with Crippen LogP contribution in [-0.2, 0) is 4.74 Å². The second-order valence-corrected chi connectivity index (χ2v) is 2.99. The highest BCUT2D eigenvalue weighted by Crippen LogP contribution is 2.06. The second kappa shape index (κ2) is 12.8. The minimum absolute atomic E-state index is 0.220. The van der Waals surface area contributed by atoms with E-state index in [0.29, 0.717) is 0 Å². The largest absolute Gasteiger partial charge is 0.394 e. The van der Waals surface area contributed by atoms with Crippen molar-refractivity contribution in [3.63, 3.8) is 0 Å². The molecule has 0 heterocycles. The SMILES string of the molecule is CCCC(CC)OC[C@@H](O)CO.CN. The topological polar surface area (TPSA) is 75.7 Å². The Balaban J connectivity index is 0. The van der Waals surface area contributed by atoms with Crippen molar-refractivity contribution in [1.29, 1.82) is 0 Å². The van der Waals surface area contributed by atoms with Gasteiger partial charge in [-0.2, -0.15) is 0 Å². The summed E-state index contributed by atoms with van der Waals surface area (Å²) in [5.41, 5.74) is 4.50. The molecule has 0 aliphatic rings. The van der Waals surface area contributed by atoms with Crippen molar-refractivity contribution in [3.05, 3.63) is 0 Å². The summed E-state index contributed by atoms with van der Waals surface area (Å²) in [5, 5.41) is 17.5. The first-order chi connectivity index (χ1) is 6.74. The molecule has 0 fully saturated rings. The molecule has 0 saturated heterocycles. The van der Waals surface area contributed by atoms with E-state index < -0.39 is 6.10 Å². The predicted octanol–water partition coefficient (Wildman–Crippen LogP) is 0.510. The molecule has 0 rings (SSSR count). The van der Waals surface area contributed by atoms with E-state index in [9.17, 15) is 0 Å². The van der Waals surface area contributed by atoms with Gasteiger partial charge in [-0.15, -0.1) is 0 Å². The first-order valence-electron chi connectivity index (χ1n) is 5.22. The Morgan fingerprint density at radius 2 is 1.86 bits per heavy atom. The first-order valence-corrected chi connectivity index (χ1v) is 5.22. The van der Waals surface area contributed by atoms with Gasteiger partial charge in [-0.25, -0.2) is 0 Å². The van der Waals surface area contributed by atoms with Gasteiger partial charge in [-0.1, -0.05) is 20.3 Å². The molecule has 0 amide bonds. The van der Waals surface area contributed by atoms with Gasteiger partial charge in [-0.3, -0.25) is 0 Å². The highest BCUT2D eigenvalue weighted by atomic mass is 16.5. The lowest BCUT2D eigenvalue weighted by Crippen LogP contribution is -2.23. The molecular weight excluding hydrogens is 182 g/mol. The standard InChI is InChI=1S/C9H20O3.CH5N/c1-3-5-9(4-2)12-7-8(11)6-10;1-2/h8-11H,3-7H2,1-2H3;2H2,1H3/t8-,9?;/m0./s1. The van der Waals surface area contributed by atoms with Gasteiger partial charge in [0, 0.05) is 0 Å². The van der Waals surface area contributed by atoms with Gasteiger partial charge in [0.15, 0.2) is 0 Å². The van der Waals surface area contributed by atoms with Gasteiger partial charge in [-0.05, 0) is 19.9 Å². The minimum atomic E-state index is -0.726. The van der Waals surface area contributed by atoms with E-state index in [-0.39, 0.29) is 19.3 Å². The van der Waals surface area contributed by atoms with E-state index >= 15 is 0 Å². The van der Waals surface area contributed by atoms with Crippen LogP contribution in [0.15, 0.2) is 0 Å². The Bertz CT molecular complexity index is 101. The molecule has 14 heavy (non-hydrogen) atoms. The third kappa shape index (κ3) is 9.92. The lowest BCUT2D eigenvalue weighted by atomic mass is 10.1. The highest BCUT2D eigenvalue weighted by molar-refractivity contribution is 4.57. The molecule has 0 aromatic rings. The maximum absolute atomic E-state index is 9.00. The summed E-state index contributed by atoms with van der Waals surface area (Å²) in [4.78, 5) is 0. The summed E-state index contributed by atoms with van der Waals surface area (Å²) in [6.07, 6.45) is 2.58. The summed E-state index contributed by atoms with van der Waals surface area (Å²) in [6.45, 7) is 4.19. The van der Waals surface area contributed by atoms with Gasteiger partial charge >= 0.3 is 0 Å². The molecule has 4 nitrogen and oxygen atoms in total. The number of aliphatic hydroxyl groups excluding tert-OH is 2. The maximum Gasteiger partial charge on any atom is 0.100 e. The fourth-order valence-electron chi connectivity index (χ4n) is 1.03. The van der Waals surface area contributed by atoms with Crippen molar-refractivity contribution in [2.45, 2.75) is 45.3 Å². The number of rotatable bonds is 7. The zero-order valence-electron chi connectivity index (χ0n) is 9.57. The van der Waals surface area contributed by atoms with Crippen molar-refractivity contribution < 1.29 is 14.9 Å². The van der Waals surface area contributed by atoms with Crippen LogP contribution in [0, 0.1) is 0 Å². The summed E-state index contributed by atoms with van der Waals surface area (Å²) < 4.78 is 5.37. The molecule has 0 spiro atoms. The predicted molar refractivity (Wildman–Crippen MR) is 58.1 cm³/mol. The molecule has 0 bridgehead atoms. The van der Waals surface area contributed by atoms with E-state index in [2.05, 4.69) is 19.6 Å². The molecule has 1 unspecified atom stereocenters. The van der Waals surface area contributed by atoms with Gasteiger partial charge < -0.3 is 20.7 Å². The lowest BCUT2D eigenvalue weighted by Gasteiger charge is -2.16. The average molecular weight is 207 g/mol. The Hall–Kier alpha value is -0.160. The van der Waals surface area contributed by atoms with Crippen LogP contribution in [0.2, 0.25) is 0 Å². The molecule has 4 heteroatoms. The number of aliphatic hydroxyl groups is 2. The van der Waals surface area contributed by atoms with Crippen molar-refractivity contribution in [3.8, 4) is 0 Å². The molecular formula is C10H25NO3. The quantitative estimate of drug-likeness (QED) is 0.568. The molecule has 0 saturated carbocycles. The van der Waals surface area contributed by atoms with E-state index in [4.69, 9.17) is 14.9 Å². The number of hydrogen-bond acceptors (Lipinski definition) is 4. The normalized spacial score (nSPS) is 14.1. The minimum Gasteiger partial charge on any atom is -0.394 e. The lowest BCUT2D eigenvalue weighted by molar-refractivity contribution is -0.0322. The van der Waals surface area contributed by atoms with Crippen LogP contribution in [0.25, 0.3) is 0 Å². The number of ether oxygens (including phenoxy) is 1. The fourth-order valence-corrected chi connectivity index (χ4v) is 1.03. The molecule has 88 valence electrons. The molecule has 0 aromatic heterocycles. The molecule has 0 aliphatic heterocycles. The summed E-state index contributed by atoms with van der Waals surface area (Å²) in [7, 11) is 1.50. The summed E-state index contributed by atoms with van der Waals surface area (Å²) >= 11 is 0.